The van der Waals surface area contributed by atoms with Crippen LogP contribution in [0.4, 0.5) is 0 Å². The molecular weight excluding hydrogens is 181 g/mol. The smallest absolute Gasteiger partial charge is 0.0399 e. The molecule has 66 valence electrons. The lowest BCUT2D eigenvalue weighted by Gasteiger charge is -2.22. The zero-order valence-corrected chi connectivity index (χ0v) is 8.62. The van der Waals surface area contributed by atoms with Gasteiger partial charge in [0, 0.05) is 30.5 Å². The van der Waals surface area contributed by atoms with Gasteiger partial charge in [-0.2, -0.15) is 0 Å². The largest absolute Gasteiger partial charge is 0.373 e. The quantitative estimate of drug-likeness (QED) is 0.611. The van der Waals surface area contributed by atoms with E-state index in [4.69, 9.17) is 23.2 Å². The van der Waals surface area contributed by atoms with Crippen molar-refractivity contribution in [3.63, 3.8) is 0 Å². The van der Waals surface area contributed by atoms with E-state index in [0.29, 0.717) is 11.8 Å². The first kappa shape index (κ1) is 11.1. The predicted octanol–water partition coefficient (Wildman–Crippen LogP) is 2.69. The van der Waals surface area contributed by atoms with E-state index in [9.17, 15) is 0 Å². The van der Waals surface area contributed by atoms with Crippen LogP contribution >= 0.6 is 23.2 Å². The van der Waals surface area contributed by atoms with E-state index in [1.807, 2.05) is 6.92 Å². The molecule has 0 atom stereocenters. The fraction of sp³-hybridized carbons (Fsp3) is 0.750. The van der Waals surface area contributed by atoms with Gasteiger partial charge in [0.25, 0.3) is 0 Å². The van der Waals surface area contributed by atoms with Crippen LogP contribution < -0.4 is 0 Å². The summed E-state index contributed by atoms with van der Waals surface area (Å²) in [6.45, 7) is 5.85. The summed E-state index contributed by atoms with van der Waals surface area (Å²) >= 11 is 11.2. The highest BCUT2D eigenvalue weighted by molar-refractivity contribution is 6.18. The van der Waals surface area contributed by atoms with Crippen LogP contribution in [0.1, 0.15) is 13.8 Å². The zero-order chi connectivity index (χ0) is 8.69. The number of nitrogens with zero attached hydrogens (tertiary/aromatic N) is 1. The molecule has 0 saturated carbocycles. The van der Waals surface area contributed by atoms with Gasteiger partial charge in [0.2, 0.25) is 0 Å². The van der Waals surface area contributed by atoms with E-state index < -0.39 is 0 Å². The van der Waals surface area contributed by atoms with Crippen LogP contribution in [0, 0.1) is 0 Å². The molecule has 0 aromatic rings. The van der Waals surface area contributed by atoms with Crippen molar-refractivity contribution >= 4 is 23.2 Å². The van der Waals surface area contributed by atoms with Crippen molar-refractivity contribution in [2.24, 2.45) is 0 Å². The second-order valence-corrected chi connectivity index (χ2v) is 3.05. The molecule has 0 aliphatic rings. The average Bonchev–Trinajstić information content (AvgIpc) is 2.03. The Morgan fingerprint density at radius 1 is 1.27 bits per heavy atom. The van der Waals surface area contributed by atoms with Crippen LogP contribution in [0.2, 0.25) is 0 Å². The van der Waals surface area contributed by atoms with Crippen molar-refractivity contribution in [2.45, 2.75) is 13.8 Å². The van der Waals surface area contributed by atoms with Crippen molar-refractivity contribution in [3.05, 3.63) is 11.8 Å². The van der Waals surface area contributed by atoms with Crippen LogP contribution in [0.3, 0.4) is 0 Å². The molecule has 0 N–H and O–H groups in total. The van der Waals surface area contributed by atoms with Gasteiger partial charge in [-0.3, -0.25) is 0 Å². The first-order valence-electron chi connectivity index (χ1n) is 3.76. The lowest BCUT2D eigenvalue weighted by atomic mass is 10.4. The van der Waals surface area contributed by atoms with Gasteiger partial charge in [-0.15, -0.1) is 23.2 Å². The third kappa shape index (κ3) is 4.54. The van der Waals surface area contributed by atoms with Crippen molar-refractivity contribution in [3.8, 4) is 0 Å². The maximum Gasteiger partial charge on any atom is 0.0399 e. The topological polar surface area (TPSA) is 3.24 Å². The minimum Gasteiger partial charge on any atom is -0.373 e. The molecule has 0 aromatic carbocycles. The van der Waals surface area contributed by atoms with Gasteiger partial charge in [0.05, 0.1) is 0 Å². The lowest BCUT2D eigenvalue weighted by molar-refractivity contribution is 0.387. The van der Waals surface area contributed by atoms with E-state index in [2.05, 4.69) is 17.9 Å². The number of hydrogen-bond acceptors (Lipinski definition) is 1. The molecule has 0 heterocycles. The Hall–Kier alpha value is 0.120. The Morgan fingerprint density at radius 2 is 1.73 bits per heavy atom. The summed E-state index contributed by atoms with van der Waals surface area (Å²) in [7, 11) is 0. The monoisotopic (exact) mass is 195 g/mol. The van der Waals surface area contributed by atoms with Crippen LogP contribution in [-0.2, 0) is 0 Å². The molecule has 3 heteroatoms. The minimum absolute atomic E-state index is 0.655. The molecule has 11 heavy (non-hydrogen) atoms. The van der Waals surface area contributed by atoms with E-state index >= 15 is 0 Å². The summed E-state index contributed by atoms with van der Waals surface area (Å²) in [4.78, 5) is 2.18. The maximum atomic E-state index is 5.62. The second kappa shape index (κ2) is 6.81. The Bertz CT molecular complexity index is 117. The molecule has 0 unspecified atom stereocenters. The lowest BCUT2D eigenvalue weighted by Crippen LogP contribution is -2.25. The summed E-state index contributed by atoms with van der Waals surface area (Å²) in [5, 5.41) is 0. The van der Waals surface area contributed by atoms with E-state index in [-0.39, 0.29) is 0 Å². The Morgan fingerprint density at radius 3 is 2.00 bits per heavy atom. The van der Waals surface area contributed by atoms with Gasteiger partial charge >= 0.3 is 0 Å². The Labute approximate surface area is 79.0 Å². The number of alkyl halides is 2. The summed E-state index contributed by atoms with van der Waals surface area (Å²) < 4.78 is 0. The van der Waals surface area contributed by atoms with Gasteiger partial charge in [0.15, 0.2) is 0 Å². The molecule has 1 nitrogen and oxygen atoms in total. The fourth-order valence-corrected chi connectivity index (χ4v) is 1.26. The van der Waals surface area contributed by atoms with Crippen molar-refractivity contribution in [2.75, 3.05) is 24.8 Å². The van der Waals surface area contributed by atoms with Crippen LogP contribution in [0.15, 0.2) is 11.8 Å². The molecule has 0 amide bonds. The van der Waals surface area contributed by atoms with Crippen LogP contribution in [0.25, 0.3) is 0 Å². The summed E-state index contributed by atoms with van der Waals surface area (Å²) in [5.41, 5.74) is 1.24. The molecular formula is C8H15Cl2N. The molecule has 0 rings (SSSR count). The molecule has 0 aliphatic carbocycles. The second-order valence-electron chi connectivity index (χ2n) is 2.30. The number of halogens is 2. The minimum atomic E-state index is 0.655. The van der Waals surface area contributed by atoms with Crippen LogP contribution in [-0.4, -0.2) is 29.7 Å². The first-order chi connectivity index (χ1) is 5.26. The number of hydrogen-bond donors (Lipinski definition) is 0. The SMILES string of the molecule is C/C=C(\C)N(CCCl)CCCl. The number of allylic oxidation sites excluding steroid dienone is 2. The highest BCUT2D eigenvalue weighted by Crippen LogP contribution is 2.03. The molecule has 0 aliphatic heterocycles. The predicted molar refractivity (Wildman–Crippen MR) is 52.4 cm³/mol. The molecule has 0 bridgehead atoms. The van der Waals surface area contributed by atoms with Crippen molar-refractivity contribution in [1.29, 1.82) is 0 Å². The first-order valence-corrected chi connectivity index (χ1v) is 4.83. The molecule has 0 aromatic heterocycles. The van der Waals surface area contributed by atoms with E-state index in [1.54, 1.807) is 0 Å². The molecule has 0 spiro atoms. The molecule has 0 saturated heterocycles. The Balaban J connectivity index is 3.87. The summed E-state index contributed by atoms with van der Waals surface area (Å²) in [5.74, 6) is 1.31. The van der Waals surface area contributed by atoms with E-state index in [0.717, 1.165) is 13.1 Å². The van der Waals surface area contributed by atoms with Gasteiger partial charge in [-0.25, -0.2) is 0 Å². The number of rotatable bonds is 5. The summed E-state index contributed by atoms with van der Waals surface area (Å²) in [6, 6.07) is 0. The standard InChI is InChI=1S/C8H15Cl2N/c1-3-8(2)11(6-4-9)7-5-10/h3H,4-7H2,1-2H3/b8-3+. The third-order valence-corrected chi connectivity index (χ3v) is 1.96. The van der Waals surface area contributed by atoms with Gasteiger partial charge in [-0.05, 0) is 13.8 Å². The molecule has 0 radical (unpaired) electrons. The zero-order valence-electron chi connectivity index (χ0n) is 7.11. The average molecular weight is 196 g/mol. The highest BCUT2D eigenvalue weighted by Gasteiger charge is 2.01. The Kier molecular flexibility index (Phi) is 6.88. The van der Waals surface area contributed by atoms with Gasteiger partial charge in [0.1, 0.15) is 0 Å². The van der Waals surface area contributed by atoms with Crippen molar-refractivity contribution < 1.29 is 0 Å². The molecule has 0 fully saturated rings. The highest BCUT2D eigenvalue weighted by atomic mass is 35.5. The summed E-state index contributed by atoms with van der Waals surface area (Å²) in [6.07, 6.45) is 2.07. The fourth-order valence-electron chi connectivity index (χ4n) is 0.851. The maximum absolute atomic E-state index is 5.62. The van der Waals surface area contributed by atoms with E-state index in [1.165, 1.54) is 5.70 Å². The van der Waals surface area contributed by atoms with Gasteiger partial charge < -0.3 is 4.90 Å². The van der Waals surface area contributed by atoms with Crippen molar-refractivity contribution in [1.82, 2.24) is 4.90 Å². The van der Waals surface area contributed by atoms with Crippen LogP contribution in [0.5, 0.6) is 0 Å². The van der Waals surface area contributed by atoms with Gasteiger partial charge in [-0.1, -0.05) is 6.08 Å². The third-order valence-electron chi connectivity index (χ3n) is 1.63. The normalized spacial score (nSPS) is 11.8.